The number of aromatic nitrogens is 3. The fraction of sp³-hybridized carbons (Fsp3) is 0.605. The van der Waals surface area contributed by atoms with Gasteiger partial charge in [-0.25, -0.2) is 13.8 Å². The molecule has 5 heterocycles. The van der Waals surface area contributed by atoms with Crippen LogP contribution in [-0.2, 0) is 15.9 Å². The standard InChI is InChI=1S/C41H51F2N5O7.C2H6/c1-3-29-31(42)8-7-25-16-26(50)17-30(33(25)29)36-35(43)37-34(39(44-36)52-2)38(48-19-27(51)22-54-28(20-48)21-49)46-40(45-37)55-23-41-11-4-6-32(41)47(13-5-12-41)18-24-9-14-53-15-10-24;1-2/h7-8,16-17,24,27-28,32,49-51H,3-6,9-15,18-23H2,1-2H3;1-2H3/t27?,28-,32?,41?;/m1./s1. The Morgan fingerprint density at radius 2 is 1.79 bits per heavy atom. The first kappa shape index (κ1) is 41.2. The number of aryl methyl sites for hydroxylation is 1. The van der Waals surface area contributed by atoms with E-state index in [0.717, 1.165) is 71.2 Å². The number of pyridine rings is 1. The van der Waals surface area contributed by atoms with Crippen molar-refractivity contribution >= 4 is 27.5 Å². The summed E-state index contributed by atoms with van der Waals surface area (Å²) in [6.07, 6.45) is 6.13. The minimum absolute atomic E-state index is 0.00280. The van der Waals surface area contributed by atoms with Gasteiger partial charge in [-0.05, 0) is 91.9 Å². The van der Waals surface area contributed by atoms with E-state index in [1.165, 1.54) is 25.3 Å². The van der Waals surface area contributed by atoms with Gasteiger partial charge in [-0.15, -0.1) is 0 Å². The van der Waals surface area contributed by atoms with Crippen LogP contribution >= 0.6 is 0 Å². The summed E-state index contributed by atoms with van der Waals surface area (Å²) < 4.78 is 56.4. The third kappa shape index (κ3) is 8.21. The lowest BCUT2D eigenvalue weighted by Gasteiger charge is -2.47. The van der Waals surface area contributed by atoms with Crippen molar-refractivity contribution in [3.63, 3.8) is 0 Å². The van der Waals surface area contributed by atoms with E-state index in [-0.39, 0.29) is 77.3 Å². The van der Waals surface area contributed by atoms with Crippen molar-refractivity contribution in [2.45, 2.75) is 90.4 Å². The fourth-order valence-electron chi connectivity index (χ4n) is 9.67. The predicted octanol–water partition coefficient (Wildman–Crippen LogP) is 6.42. The topological polar surface area (TPSA) is 143 Å². The molecule has 1 saturated carbocycles. The van der Waals surface area contributed by atoms with Crippen LogP contribution < -0.4 is 14.4 Å². The Morgan fingerprint density at radius 1 is 1.00 bits per heavy atom. The summed E-state index contributed by atoms with van der Waals surface area (Å²) in [4.78, 5) is 18.6. The van der Waals surface area contributed by atoms with Crippen LogP contribution in [0.1, 0.15) is 71.3 Å². The van der Waals surface area contributed by atoms with Crippen molar-refractivity contribution in [3.05, 3.63) is 41.5 Å². The van der Waals surface area contributed by atoms with Gasteiger partial charge in [0.15, 0.2) is 5.82 Å². The molecule has 4 fully saturated rings. The number of phenolic OH excluding ortho intramolecular Hbond substituents is 1. The maximum Gasteiger partial charge on any atom is 0.319 e. The van der Waals surface area contributed by atoms with Gasteiger partial charge in [0.05, 0.1) is 39.1 Å². The summed E-state index contributed by atoms with van der Waals surface area (Å²) in [5.74, 6) is -0.600. The number of hydrogen-bond donors (Lipinski definition) is 3. The zero-order valence-electron chi connectivity index (χ0n) is 33.6. The number of piperidine rings is 1. The van der Waals surface area contributed by atoms with Crippen molar-refractivity contribution in [2.75, 3.05) is 71.2 Å². The Balaban J connectivity index is 0.00000244. The highest BCUT2D eigenvalue weighted by Crippen LogP contribution is 2.49. The Bertz CT molecular complexity index is 2030. The van der Waals surface area contributed by atoms with E-state index in [1.54, 1.807) is 11.0 Å². The molecule has 0 bridgehead atoms. The average Bonchev–Trinajstić information content (AvgIpc) is 3.58. The van der Waals surface area contributed by atoms with Gasteiger partial charge in [-0.3, -0.25) is 4.90 Å². The van der Waals surface area contributed by atoms with Crippen molar-refractivity contribution in [3.8, 4) is 28.9 Å². The lowest BCUT2D eigenvalue weighted by molar-refractivity contribution is -0.0203. The number of aliphatic hydroxyl groups is 2. The molecule has 4 aromatic rings. The molecule has 3 N–H and O–H groups in total. The van der Waals surface area contributed by atoms with Crippen LogP contribution in [0.3, 0.4) is 0 Å². The maximum atomic E-state index is 17.4. The van der Waals surface area contributed by atoms with E-state index in [0.29, 0.717) is 41.3 Å². The number of halogens is 2. The van der Waals surface area contributed by atoms with Gasteiger partial charge in [-0.2, -0.15) is 9.97 Å². The van der Waals surface area contributed by atoms with Gasteiger partial charge in [0.2, 0.25) is 5.88 Å². The van der Waals surface area contributed by atoms with Crippen molar-refractivity contribution in [1.82, 2.24) is 19.9 Å². The fourth-order valence-corrected chi connectivity index (χ4v) is 9.67. The maximum absolute atomic E-state index is 17.4. The number of rotatable bonds is 10. The zero-order chi connectivity index (χ0) is 40.3. The van der Waals surface area contributed by atoms with Gasteiger partial charge >= 0.3 is 6.01 Å². The Labute approximate surface area is 333 Å². The third-order valence-corrected chi connectivity index (χ3v) is 12.3. The molecular weight excluding hydrogens is 736 g/mol. The third-order valence-electron chi connectivity index (χ3n) is 12.3. The molecule has 14 heteroatoms. The molecule has 0 radical (unpaired) electrons. The number of benzene rings is 2. The number of aliphatic hydroxyl groups excluding tert-OH is 2. The smallest absolute Gasteiger partial charge is 0.319 e. The highest BCUT2D eigenvalue weighted by molar-refractivity contribution is 6.03. The van der Waals surface area contributed by atoms with Crippen molar-refractivity contribution in [2.24, 2.45) is 11.3 Å². The summed E-state index contributed by atoms with van der Waals surface area (Å²) in [7, 11) is 1.40. The van der Waals surface area contributed by atoms with Crippen molar-refractivity contribution < 1.29 is 43.0 Å². The average molecular weight is 794 g/mol. The largest absolute Gasteiger partial charge is 0.508 e. The zero-order valence-corrected chi connectivity index (χ0v) is 33.6. The van der Waals surface area contributed by atoms with Gasteiger partial charge in [0, 0.05) is 49.9 Å². The molecule has 3 unspecified atom stereocenters. The number of anilines is 1. The van der Waals surface area contributed by atoms with E-state index < -0.39 is 23.8 Å². The van der Waals surface area contributed by atoms with Crippen LogP contribution in [0, 0.1) is 23.0 Å². The van der Waals surface area contributed by atoms with Crippen LogP contribution in [0.25, 0.3) is 32.9 Å². The van der Waals surface area contributed by atoms with E-state index in [1.807, 2.05) is 20.8 Å². The number of hydrogen-bond acceptors (Lipinski definition) is 12. The van der Waals surface area contributed by atoms with E-state index in [4.69, 9.17) is 28.9 Å². The van der Waals surface area contributed by atoms with Crippen LogP contribution in [0.5, 0.6) is 17.6 Å². The molecule has 3 aliphatic heterocycles. The van der Waals surface area contributed by atoms with Gasteiger partial charge in [0.25, 0.3) is 0 Å². The van der Waals surface area contributed by atoms with E-state index in [9.17, 15) is 15.3 Å². The lowest BCUT2D eigenvalue weighted by Crippen LogP contribution is -2.53. The highest BCUT2D eigenvalue weighted by Gasteiger charge is 2.49. The minimum Gasteiger partial charge on any atom is -0.508 e. The normalized spacial score (nSPS) is 24.6. The summed E-state index contributed by atoms with van der Waals surface area (Å²) in [5, 5.41) is 32.8. The van der Waals surface area contributed by atoms with Gasteiger partial charge in [-0.1, -0.05) is 33.3 Å². The SMILES string of the molecule is CC.CCc1c(F)ccc2cc(O)cc(-c3nc(OC)c4c(N5CC(O)CO[C@@H](CO)C5)nc(OCC56CCCC5N(CC5CCOCC5)CCC6)nc4c3F)c12. The molecule has 8 rings (SSSR count). The number of β-amino-alcohol motifs (C(OH)–C–C–N with tert-alkyl or cyclic N) is 1. The molecule has 4 atom stereocenters. The van der Waals surface area contributed by atoms with Gasteiger partial charge < -0.3 is 39.2 Å². The molecule has 0 amide bonds. The molecule has 310 valence electrons. The van der Waals surface area contributed by atoms with E-state index in [2.05, 4.69) is 9.88 Å². The molecule has 57 heavy (non-hydrogen) atoms. The van der Waals surface area contributed by atoms with Gasteiger partial charge in [0.1, 0.15) is 34.0 Å². The second-order valence-corrected chi connectivity index (χ2v) is 15.7. The van der Waals surface area contributed by atoms with Crippen LogP contribution in [0.15, 0.2) is 24.3 Å². The summed E-state index contributed by atoms with van der Waals surface area (Å²) in [5.41, 5.74) is 0.108. The first-order valence-electron chi connectivity index (χ1n) is 20.7. The lowest BCUT2D eigenvalue weighted by atomic mass is 9.75. The number of fused-ring (bicyclic) bond motifs is 3. The second kappa shape index (κ2) is 17.9. The summed E-state index contributed by atoms with van der Waals surface area (Å²) >= 11 is 0. The molecule has 2 aromatic heterocycles. The van der Waals surface area contributed by atoms with Crippen LogP contribution in [0.2, 0.25) is 0 Å². The minimum atomic E-state index is -0.933. The molecule has 4 aliphatic rings. The number of aromatic hydroxyl groups is 1. The quantitative estimate of drug-likeness (QED) is 0.163. The first-order chi connectivity index (χ1) is 27.7. The number of methoxy groups -OCH3 is 1. The van der Waals surface area contributed by atoms with Crippen molar-refractivity contribution in [1.29, 1.82) is 0 Å². The molecule has 12 nitrogen and oxygen atoms in total. The monoisotopic (exact) mass is 793 g/mol. The Morgan fingerprint density at radius 3 is 2.54 bits per heavy atom. The summed E-state index contributed by atoms with van der Waals surface area (Å²) in [6.45, 7) is 9.79. The van der Waals surface area contributed by atoms with Crippen LogP contribution in [0.4, 0.5) is 14.6 Å². The Kier molecular flexibility index (Phi) is 12.9. The number of ether oxygens (including phenoxy) is 4. The Hall–Kier alpha value is -3.95. The number of nitrogens with zero attached hydrogens (tertiary/aromatic N) is 5. The molecule has 1 aliphatic carbocycles. The number of phenols is 1. The molecule has 3 saturated heterocycles. The first-order valence-corrected chi connectivity index (χ1v) is 20.7. The van der Waals surface area contributed by atoms with E-state index >= 15 is 8.78 Å². The molecule has 2 aromatic carbocycles. The second-order valence-electron chi connectivity index (χ2n) is 15.7. The van der Waals surface area contributed by atoms with Crippen LogP contribution in [-0.4, -0.2) is 120 Å². The summed E-state index contributed by atoms with van der Waals surface area (Å²) in [6, 6.07) is 6.08. The molecule has 0 spiro atoms. The predicted molar refractivity (Wildman–Crippen MR) is 214 cm³/mol. The highest BCUT2D eigenvalue weighted by atomic mass is 19.1. The molecular formula is C43H57F2N5O7. The number of likely N-dealkylation sites (tertiary alicyclic amines) is 1.